The van der Waals surface area contributed by atoms with Crippen molar-refractivity contribution in [2.75, 3.05) is 5.88 Å². The molecular weight excluding hydrogens is 290 g/mol. The van der Waals surface area contributed by atoms with Gasteiger partial charge in [0.1, 0.15) is 0 Å². The topological polar surface area (TPSA) is 22.0 Å². The predicted octanol–water partition coefficient (Wildman–Crippen LogP) is 4.57. The first-order chi connectivity index (χ1) is 9.36. The van der Waals surface area contributed by atoms with Gasteiger partial charge < -0.3 is 4.57 Å². The van der Waals surface area contributed by atoms with Crippen molar-refractivity contribution in [1.82, 2.24) is 4.57 Å². The molecule has 0 aliphatic heterocycles. The number of Topliss-reactive ketones (excluding diaryl/α,β-unsaturated/α-hetero) is 1. The molecule has 2 rings (SSSR count). The second kappa shape index (κ2) is 5.74. The van der Waals surface area contributed by atoms with Crippen molar-refractivity contribution in [3.05, 3.63) is 45.4 Å². The number of thiophene rings is 1. The van der Waals surface area contributed by atoms with Crippen LogP contribution in [0.2, 0.25) is 0 Å². The van der Waals surface area contributed by atoms with Gasteiger partial charge in [0, 0.05) is 33.8 Å². The van der Waals surface area contributed by atoms with Crippen LogP contribution in [0.25, 0.3) is 0 Å². The molecule has 0 radical (unpaired) electrons. The molecule has 0 spiro atoms. The number of carbonyl (C=O) groups is 1. The van der Waals surface area contributed by atoms with Gasteiger partial charge in [-0.05, 0) is 31.4 Å². The monoisotopic (exact) mass is 309 g/mol. The van der Waals surface area contributed by atoms with E-state index in [9.17, 15) is 4.79 Å². The first-order valence-electron chi connectivity index (χ1n) is 6.66. The van der Waals surface area contributed by atoms with Gasteiger partial charge in [0.15, 0.2) is 5.78 Å². The molecule has 0 atom stereocenters. The molecular formula is C16H20ClNOS. The Morgan fingerprint density at radius 1 is 1.40 bits per heavy atom. The molecule has 108 valence electrons. The van der Waals surface area contributed by atoms with Crippen molar-refractivity contribution in [3.63, 3.8) is 0 Å². The maximum Gasteiger partial charge on any atom is 0.179 e. The first kappa shape index (κ1) is 15.3. The number of nitrogens with zero attached hydrogens (tertiary/aromatic N) is 1. The van der Waals surface area contributed by atoms with Gasteiger partial charge in [-0.3, -0.25) is 4.79 Å². The average Bonchev–Trinajstić information content (AvgIpc) is 3.02. The summed E-state index contributed by atoms with van der Waals surface area (Å²) < 4.78 is 2.22. The molecule has 0 bridgehead atoms. The van der Waals surface area contributed by atoms with E-state index in [-0.39, 0.29) is 17.1 Å². The molecule has 20 heavy (non-hydrogen) atoms. The summed E-state index contributed by atoms with van der Waals surface area (Å²) in [7, 11) is 0. The highest BCUT2D eigenvalue weighted by Gasteiger charge is 2.25. The largest absolute Gasteiger partial charge is 0.348 e. The van der Waals surface area contributed by atoms with Crippen molar-refractivity contribution in [2.45, 2.75) is 39.7 Å². The third kappa shape index (κ3) is 2.84. The summed E-state index contributed by atoms with van der Waals surface area (Å²) in [6.07, 6.45) is 0. The van der Waals surface area contributed by atoms with Crippen molar-refractivity contribution in [3.8, 4) is 0 Å². The van der Waals surface area contributed by atoms with E-state index in [0.717, 1.165) is 23.5 Å². The highest BCUT2D eigenvalue weighted by Crippen LogP contribution is 2.31. The Morgan fingerprint density at radius 2 is 2.10 bits per heavy atom. The van der Waals surface area contributed by atoms with Crippen LogP contribution in [0.4, 0.5) is 0 Å². The number of aromatic nitrogens is 1. The standard InChI is InChI=1S/C16H20ClNOS/c1-11-8-13(14(19)9-17)12(2)18(11)10-16(3,4)15-6-5-7-20-15/h5-8H,9-10H2,1-4H3. The molecule has 0 amide bonds. The van der Waals surface area contributed by atoms with Gasteiger partial charge in [-0.2, -0.15) is 0 Å². The van der Waals surface area contributed by atoms with Crippen LogP contribution in [-0.2, 0) is 12.0 Å². The molecule has 2 nitrogen and oxygen atoms in total. The maximum absolute atomic E-state index is 11.9. The number of aryl methyl sites for hydroxylation is 1. The Morgan fingerprint density at radius 3 is 2.65 bits per heavy atom. The van der Waals surface area contributed by atoms with Crippen molar-refractivity contribution >= 4 is 28.7 Å². The van der Waals surface area contributed by atoms with Crippen LogP contribution in [0.5, 0.6) is 0 Å². The number of carbonyl (C=O) groups excluding carboxylic acids is 1. The first-order valence-corrected chi connectivity index (χ1v) is 8.08. The molecule has 0 aromatic carbocycles. The molecule has 2 aromatic heterocycles. The van der Waals surface area contributed by atoms with E-state index in [1.165, 1.54) is 4.88 Å². The Kier molecular flexibility index (Phi) is 4.40. The predicted molar refractivity (Wildman–Crippen MR) is 86.3 cm³/mol. The van der Waals surface area contributed by atoms with Crippen molar-refractivity contribution in [2.24, 2.45) is 0 Å². The van der Waals surface area contributed by atoms with Crippen LogP contribution >= 0.6 is 22.9 Å². The summed E-state index contributed by atoms with van der Waals surface area (Å²) in [5.74, 6) is 0.0402. The summed E-state index contributed by atoms with van der Waals surface area (Å²) in [5, 5.41) is 2.11. The number of ketones is 1. The SMILES string of the molecule is Cc1cc(C(=O)CCl)c(C)n1CC(C)(C)c1cccs1. The van der Waals surface area contributed by atoms with Crippen molar-refractivity contribution < 1.29 is 4.79 Å². The zero-order chi connectivity index (χ0) is 14.9. The lowest BCUT2D eigenvalue weighted by atomic mass is 9.91. The van der Waals surface area contributed by atoms with Crippen LogP contribution in [0, 0.1) is 13.8 Å². The zero-order valence-electron chi connectivity index (χ0n) is 12.4. The molecule has 0 saturated carbocycles. The summed E-state index contributed by atoms with van der Waals surface area (Å²) in [6, 6.07) is 6.20. The van der Waals surface area contributed by atoms with Crippen LogP contribution in [0.15, 0.2) is 23.6 Å². The highest BCUT2D eigenvalue weighted by atomic mass is 35.5. The lowest BCUT2D eigenvalue weighted by molar-refractivity contribution is 0.102. The van der Waals surface area contributed by atoms with Gasteiger partial charge >= 0.3 is 0 Å². The molecule has 0 N–H and O–H groups in total. The van der Waals surface area contributed by atoms with Gasteiger partial charge in [0.2, 0.25) is 0 Å². The summed E-state index contributed by atoms with van der Waals surface area (Å²) >= 11 is 7.45. The lowest BCUT2D eigenvalue weighted by Crippen LogP contribution is -2.24. The average molecular weight is 310 g/mol. The third-order valence-electron chi connectivity index (χ3n) is 3.74. The summed E-state index contributed by atoms with van der Waals surface area (Å²) in [6.45, 7) is 9.38. The molecule has 0 aliphatic carbocycles. The molecule has 0 fully saturated rings. The van der Waals surface area contributed by atoms with E-state index >= 15 is 0 Å². The van der Waals surface area contributed by atoms with Gasteiger partial charge in [0.05, 0.1) is 5.88 Å². The smallest absolute Gasteiger partial charge is 0.179 e. The quantitative estimate of drug-likeness (QED) is 0.586. The van der Waals surface area contributed by atoms with Crippen LogP contribution in [0.3, 0.4) is 0 Å². The van der Waals surface area contributed by atoms with Crippen molar-refractivity contribution in [1.29, 1.82) is 0 Å². The van der Waals surface area contributed by atoms with Crippen LogP contribution in [-0.4, -0.2) is 16.2 Å². The Hall–Kier alpha value is -1.06. The maximum atomic E-state index is 11.9. The van der Waals surface area contributed by atoms with Gasteiger partial charge in [-0.25, -0.2) is 0 Å². The van der Waals surface area contributed by atoms with Gasteiger partial charge in [0.25, 0.3) is 0 Å². The zero-order valence-corrected chi connectivity index (χ0v) is 13.9. The van der Waals surface area contributed by atoms with E-state index in [1.807, 2.05) is 19.9 Å². The lowest BCUT2D eigenvalue weighted by Gasteiger charge is -2.26. The summed E-state index contributed by atoms with van der Waals surface area (Å²) in [4.78, 5) is 13.2. The number of hydrogen-bond acceptors (Lipinski definition) is 2. The molecule has 0 unspecified atom stereocenters. The molecule has 4 heteroatoms. The summed E-state index contributed by atoms with van der Waals surface area (Å²) in [5.41, 5.74) is 2.92. The van der Waals surface area contributed by atoms with Gasteiger partial charge in [-0.15, -0.1) is 22.9 Å². The fourth-order valence-electron chi connectivity index (χ4n) is 2.54. The van der Waals surface area contributed by atoms with E-state index in [1.54, 1.807) is 11.3 Å². The number of alkyl halides is 1. The van der Waals surface area contributed by atoms with E-state index in [0.29, 0.717) is 0 Å². The number of hydrogen-bond donors (Lipinski definition) is 0. The van der Waals surface area contributed by atoms with Crippen LogP contribution in [0.1, 0.15) is 40.5 Å². The molecule has 0 saturated heterocycles. The molecule has 2 heterocycles. The second-order valence-electron chi connectivity index (χ2n) is 5.79. The second-order valence-corrected chi connectivity index (χ2v) is 7.00. The Bertz CT molecular complexity index is 611. The van der Waals surface area contributed by atoms with E-state index in [2.05, 4.69) is 35.9 Å². The fraction of sp³-hybridized carbons (Fsp3) is 0.438. The van der Waals surface area contributed by atoms with E-state index in [4.69, 9.17) is 11.6 Å². The highest BCUT2D eigenvalue weighted by molar-refractivity contribution is 7.10. The Labute approximate surface area is 129 Å². The molecule has 0 aliphatic rings. The third-order valence-corrected chi connectivity index (χ3v) is 5.22. The molecule has 2 aromatic rings. The van der Waals surface area contributed by atoms with Gasteiger partial charge in [-0.1, -0.05) is 19.9 Å². The minimum Gasteiger partial charge on any atom is -0.348 e. The number of halogens is 1. The van der Waals surface area contributed by atoms with E-state index < -0.39 is 0 Å². The van der Waals surface area contributed by atoms with Crippen LogP contribution < -0.4 is 0 Å². The minimum absolute atomic E-state index is 0.0000496. The Balaban J connectivity index is 2.35. The number of rotatable bonds is 5. The fourth-order valence-corrected chi connectivity index (χ4v) is 3.52. The normalized spacial score (nSPS) is 11.8. The minimum atomic E-state index is -0.0000496.